The molecule has 1 rings (SSSR count). The van der Waals surface area contributed by atoms with Crippen LogP contribution in [0.2, 0.25) is 5.02 Å². The van der Waals surface area contributed by atoms with Gasteiger partial charge in [-0.25, -0.2) is 13.2 Å². The molecule has 0 aromatic heterocycles. The summed E-state index contributed by atoms with van der Waals surface area (Å²) >= 11 is 5.54. The minimum absolute atomic E-state index is 0.0208. The Kier molecular flexibility index (Phi) is 6.83. The fourth-order valence-corrected chi connectivity index (χ4v) is 1.71. The zero-order valence-corrected chi connectivity index (χ0v) is 11.9. The van der Waals surface area contributed by atoms with Crippen LogP contribution in [0.3, 0.4) is 0 Å². The van der Waals surface area contributed by atoms with E-state index in [1.807, 2.05) is 0 Å². The summed E-state index contributed by atoms with van der Waals surface area (Å²) in [5.74, 6) is -4.76. The Morgan fingerprint density at radius 2 is 2.00 bits per heavy atom. The molecule has 0 fully saturated rings. The fourth-order valence-electron chi connectivity index (χ4n) is 1.60. The van der Waals surface area contributed by atoms with Crippen molar-refractivity contribution in [1.29, 1.82) is 0 Å². The van der Waals surface area contributed by atoms with Crippen molar-refractivity contribution in [3.05, 3.63) is 34.6 Å². The molecule has 0 aliphatic rings. The number of halogens is 6. The summed E-state index contributed by atoms with van der Waals surface area (Å²) in [7, 11) is 1.56. The zero-order chi connectivity index (χ0) is 16.0. The van der Waals surface area contributed by atoms with Crippen LogP contribution in [0, 0.1) is 5.82 Å². The zero-order valence-electron chi connectivity index (χ0n) is 11.2. The number of benzene rings is 1. The Hall–Kier alpha value is -0.920. The molecule has 8 heteroatoms. The van der Waals surface area contributed by atoms with Gasteiger partial charge in [-0.2, -0.15) is 8.78 Å². The van der Waals surface area contributed by atoms with Crippen LogP contribution in [-0.4, -0.2) is 38.7 Å². The van der Waals surface area contributed by atoms with Gasteiger partial charge in [0.05, 0.1) is 11.6 Å². The van der Waals surface area contributed by atoms with Crippen molar-refractivity contribution in [3.63, 3.8) is 0 Å². The van der Waals surface area contributed by atoms with E-state index in [4.69, 9.17) is 11.6 Å². The molecule has 120 valence electrons. The lowest BCUT2D eigenvalue weighted by Gasteiger charge is -2.19. The van der Waals surface area contributed by atoms with Gasteiger partial charge >= 0.3 is 12.3 Å². The summed E-state index contributed by atoms with van der Waals surface area (Å²) in [6.45, 7) is -1.57. The minimum atomic E-state index is -4.18. The molecular weight excluding hydrogens is 317 g/mol. The van der Waals surface area contributed by atoms with Crippen LogP contribution in [0.4, 0.5) is 22.0 Å². The average molecular weight is 332 g/mol. The van der Waals surface area contributed by atoms with Crippen LogP contribution in [0.5, 0.6) is 0 Å². The maximum Gasteiger partial charge on any atom is 0.330 e. The largest absolute Gasteiger partial charge is 0.373 e. The molecule has 1 aromatic carbocycles. The molecule has 1 unspecified atom stereocenters. The highest BCUT2D eigenvalue weighted by Gasteiger charge is 2.41. The van der Waals surface area contributed by atoms with Crippen molar-refractivity contribution in [2.24, 2.45) is 0 Å². The fraction of sp³-hybridized carbons (Fsp3) is 0.538. The molecule has 0 radical (unpaired) electrons. The predicted octanol–water partition coefficient (Wildman–Crippen LogP) is 3.53. The summed E-state index contributed by atoms with van der Waals surface area (Å²) in [6, 6.07) is 3.77. The monoisotopic (exact) mass is 331 g/mol. The van der Waals surface area contributed by atoms with Crippen LogP contribution in [0.25, 0.3) is 0 Å². The van der Waals surface area contributed by atoms with E-state index in [9.17, 15) is 22.0 Å². The Labute approximate surface area is 124 Å². The molecule has 0 amide bonds. The highest BCUT2D eigenvalue weighted by atomic mass is 35.5. The van der Waals surface area contributed by atoms with Crippen molar-refractivity contribution in [1.82, 2.24) is 5.32 Å². The number of alkyl halides is 4. The Morgan fingerprint density at radius 3 is 2.52 bits per heavy atom. The maximum atomic E-state index is 13.3. The molecule has 0 aliphatic carbocycles. The van der Waals surface area contributed by atoms with Gasteiger partial charge in [0.15, 0.2) is 0 Å². The van der Waals surface area contributed by atoms with Gasteiger partial charge in [0, 0.05) is 6.04 Å². The van der Waals surface area contributed by atoms with Crippen molar-refractivity contribution >= 4 is 11.6 Å². The summed E-state index contributed by atoms with van der Waals surface area (Å²) in [5, 5.41) is 2.77. The van der Waals surface area contributed by atoms with E-state index in [2.05, 4.69) is 10.1 Å². The van der Waals surface area contributed by atoms with Gasteiger partial charge in [-0.3, -0.25) is 0 Å². The van der Waals surface area contributed by atoms with E-state index in [0.29, 0.717) is 5.56 Å². The molecule has 1 N–H and O–H groups in total. The smallest absolute Gasteiger partial charge is 0.330 e. The number of nitrogens with one attached hydrogen (secondary N) is 1. The van der Waals surface area contributed by atoms with Crippen LogP contribution in [0.1, 0.15) is 5.56 Å². The van der Waals surface area contributed by atoms with E-state index >= 15 is 0 Å². The Morgan fingerprint density at radius 1 is 1.33 bits per heavy atom. The molecule has 0 heterocycles. The molecule has 0 aliphatic heterocycles. The number of hydrogen-bond acceptors (Lipinski definition) is 2. The second-order valence-corrected chi connectivity index (χ2v) is 4.92. The quantitative estimate of drug-likeness (QED) is 0.736. The lowest BCUT2D eigenvalue weighted by molar-refractivity contribution is -0.166. The van der Waals surface area contributed by atoms with Gasteiger partial charge in [0.2, 0.25) is 0 Å². The van der Waals surface area contributed by atoms with Crippen LogP contribution in [-0.2, 0) is 11.2 Å². The van der Waals surface area contributed by atoms with E-state index in [1.165, 1.54) is 12.1 Å². The molecule has 1 atom stereocenters. The number of rotatable bonds is 8. The third kappa shape index (κ3) is 5.76. The number of likely N-dealkylation sites (N-methyl/N-ethyl adjacent to an activating group) is 1. The normalized spacial score (nSPS) is 13.7. The lowest BCUT2D eigenvalue weighted by atomic mass is 10.1. The number of ether oxygens (including phenoxy) is 1. The summed E-state index contributed by atoms with van der Waals surface area (Å²) in [4.78, 5) is 0. The average Bonchev–Trinajstić information content (AvgIpc) is 2.41. The van der Waals surface area contributed by atoms with E-state index < -0.39 is 30.8 Å². The van der Waals surface area contributed by atoms with Crippen LogP contribution < -0.4 is 5.32 Å². The van der Waals surface area contributed by atoms with E-state index in [0.717, 1.165) is 0 Å². The standard InChI is InChI=1S/C13H15ClF5NO/c1-20-9(6-21-7-13(18,19)12(16)17)4-8-2-3-10(14)11(15)5-8/h2-3,5,9,12,20H,4,6-7H2,1H3. The molecule has 0 saturated carbocycles. The van der Waals surface area contributed by atoms with Gasteiger partial charge < -0.3 is 10.1 Å². The minimum Gasteiger partial charge on any atom is -0.373 e. The maximum absolute atomic E-state index is 13.3. The topological polar surface area (TPSA) is 21.3 Å². The van der Waals surface area contributed by atoms with Crippen LogP contribution >= 0.6 is 11.6 Å². The summed E-state index contributed by atoms with van der Waals surface area (Å²) in [6.07, 6.45) is -3.49. The predicted molar refractivity (Wildman–Crippen MR) is 69.7 cm³/mol. The van der Waals surface area contributed by atoms with Gasteiger partial charge in [-0.05, 0) is 31.2 Å². The van der Waals surface area contributed by atoms with E-state index in [-0.39, 0.29) is 18.1 Å². The van der Waals surface area contributed by atoms with Gasteiger partial charge in [-0.15, -0.1) is 0 Å². The first-order chi connectivity index (χ1) is 9.76. The van der Waals surface area contributed by atoms with Gasteiger partial charge in [-0.1, -0.05) is 17.7 Å². The van der Waals surface area contributed by atoms with Gasteiger partial charge in [0.25, 0.3) is 0 Å². The number of hydrogen-bond donors (Lipinski definition) is 1. The van der Waals surface area contributed by atoms with Crippen molar-refractivity contribution < 1.29 is 26.7 Å². The van der Waals surface area contributed by atoms with Crippen molar-refractivity contribution in [2.45, 2.75) is 24.8 Å². The molecule has 21 heavy (non-hydrogen) atoms. The Balaban J connectivity index is 2.50. The summed E-state index contributed by atoms with van der Waals surface area (Å²) < 4.78 is 67.1. The van der Waals surface area contributed by atoms with Gasteiger partial charge in [0.1, 0.15) is 12.4 Å². The van der Waals surface area contributed by atoms with Crippen LogP contribution in [0.15, 0.2) is 18.2 Å². The lowest BCUT2D eigenvalue weighted by Crippen LogP contribution is -2.37. The summed E-state index contributed by atoms with van der Waals surface area (Å²) in [5.41, 5.74) is 0.584. The SMILES string of the molecule is CNC(COCC(F)(F)C(F)F)Cc1ccc(Cl)c(F)c1. The third-order valence-electron chi connectivity index (χ3n) is 2.81. The highest BCUT2D eigenvalue weighted by Crippen LogP contribution is 2.23. The second kappa shape index (κ2) is 7.91. The first-order valence-electron chi connectivity index (χ1n) is 6.11. The first kappa shape index (κ1) is 18.1. The van der Waals surface area contributed by atoms with Crippen molar-refractivity contribution in [2.75, 3.05) is 20.3 Å². The van der Waals surface area contributed by atoms with E-state index in [1.54, 1.807) is 13.1 Å². The highest BCUT2D eigenvalue weighted by molar-refractivity contribution is 6.30. The third-order valence-corrected chi connectivity index (χ3v) is 3.11. The molecule has 0 bridgehead atoms. The Bertz CT molecular complexity index is 458. The molecule has 0 spiro atoms. The molecule has 0 saturated heterocycles. The first-order valence-corrected chi connectivity index (χ1v) is 6.49. The molecule has 2 nitrogen and oxygen atoms in total. The molecular formula is C13H15ClF5NO. The molecule has 1 aromatic rings. The van der Waals surface area contributed by atoms with Crippen molar-refractivity contribution in [3.8, 4) is 0 Å². The second-order valence-electron chi connectivity index (χ2n) is 4.52.